The van der Waals surface area contributed by atoms with E-state index in [2.05, 4.69) is 5.32 Å². The number of hydrogen-bond acceptors (Lipinski definition) is 3. The van der Waals surface area contributed by atoms with Crippen LogP contribution in [0.15, 0.2) is 0 Å². The predicted molar refractivity (Wildman–Crippen MR) is 38.4 cm³/mol. The summed E-state index contributed by atoms with van der Waals surface area (Å²) in [6.07, 6.45) is -0.158. The molecule has 10 heavy (non-hydrogen) atoms. The van der Waals surface area contributed by atoms with Crippen molar-refractivity contribution in [3.8, 4) is 0 Å². The lowest BCUT2D eigenvalue weighted by atomic mass is 10.3. The maximum absolute atomic E-state index is 10.6. The zero-order valence-electron chi connectivity index (χ0n) is 6.13. The Hall–Kier alpha value is -0.610. The highest BCUT2D eigenvalue weighted by Crippen LogP contribution is 1.77. The topological polar surface area (TPSA) is 75.3 Å². The smallest absolute Gasteiger partial charge is 0.221 e. The Balaban J connectivity index is 3.22. The van der Waals surface area contributed by atoms with E-state index in [1.54, 1.807) is 6.92 Å². The molecule has 1 atom stereocenters. The molecule has 0 saturated heterocycles. The monoisotopic (exact) mass is 146 g/mol. The number of nitrogens with two attached hydrogens (primary N) is 1. The molecule has 0 saturated carbocycles. The van der Waals surface area contributed by atoms with Crippen LogP contribution in [0.1, 0.15) is 13.3 Å². The number of nitrogens with one attached hydrogen (secondary N) is 1. The summed E-state index contributed by atoms with van der Waals surface area (Å²) in [5, 5.41) is 11.2. The van der Waals surface area contributed by atoms with Crippen molar-refractivity contribution in [3.05, 3.63) is 0 Å². The largest absolute Gasteiger partial charge is 0.392 e. The molecule has 0 aromatic heterocycles. The Morgan fingerprint density at radius 2 is 2.40 bits per heavy atom. The van der Waals surface area contributed by atoms with Gasteiger partial charge in [-0.2, -0.15) is 0 Å². The molecule has 0 radical (unpaired) electrons. The SMILES string of the molecule is C[C@@H](O)CNC(=O)CCN. The van der Waals surface area contributed by atoms with Crippen LogP contribution in [0.3, 0.4) is 0 Å². The van der Waals surface area contributed by atoms with Crippen LogP contribution < -0.4 is 11.1 Å². The van der Waals surface area contributed by atoms with Crippen molar-refractivity contribution in [2.24, 2.45) is 5.73 Å². The van der Waals surface area contributed by atoms with Gasteiger partial charge < -0.3 is 16.2 Å². The average Bonchev–Trinajstić information content (AvgIpc) is 1.85. The van der Waals surface area contributed by atoms with Gasteiger partial charge in [0.05, 0.1) is 6.10 Å². The van der Waals surface area contributed by atoms with Crippen LogP contribution in [-0.2, 0) is 4.79 Å². The van der Waals surface area contributed by atoms with Crippen molar-refractivity contribution < 1.29 is 9.90 Å². The zero-order chi connectivity index (χ0) is 7.98. The first-order valence-corrected chi connectivity index (χ1v) is 3.31. The molecule has 0 aliphatic carbocycles. The Labute approximate surface area is 60.4 Å². The molecule has 60 valence electrons. The number of hydrogen-bond donors (Lipinski definition) is 3. The molecule has 1 amide bonds. The van der Waals surface area contributed by atoms with Gasteiger partial charge in [0.15, 0.2) is 0 Å². The Kier molecular flexibility index (Phi) is 4.88. The number of amides is 1. The van der Waals surface area contributed by atoms with Gasteiger partial charge in [0.25, 0.3) is 0 Å². The van der Waals surface area contributed by atoms with Crippen LogP contribution in [-0.4, -0.2) is 30.2 Å². The summed E-state index contributed by atoms with van der Waals surface area (Å²) >= 11 is 0. The summed E-state index contributed by atoms with van der Waals surface area (Å²) in [5.41, 5.74) is 5.11. The van der Waals surface area contributed by atoms with E-state index in [0.717, 1.165) is 0 Å². The summed E-state index contributed by atoms with van der Waals surface area (Å²) < 4.78 is 0. The summed E-state index contributed by atoms with van der Waals surface area (Å²) in [5.74, 6) is -0.108. The highest BCUT2D eigenvalue weighted by Gasteiger charge is 1.99. The maximum atomic E-state index is 10.6. The van der Waals surface area contributed by atoms with Crippen molar-refractivity contribution in [3.63, 3.8) is 0 Å². The molecule has 0 spiro atoms. The van der Waals surface area contributed by atoms with Gasteiger partial charge in [-0.1, -0.05) is 0 Å². The molecule has 0 fully saturated rings. The Morgan fingerprint density at radius 1 is 1.80 bits per heavy atom. The van der Waals surface area contributed by atoms with Gasteiger partial charge in [-0.25, -0.2) is 0 Å². The minimum Gasteiger partial charge on any atom is -0.392 e. The first kappa shape index (κ1) is 9.39. The molecule has 4 nitrogen and oxygen atoms in total. The van der Waals surface area contributed by atoms with E-state index < -0.39 is 6.10 Å². The molecule has 0 aliphatic heterocycles. The molecule has 0 bridgehead atoms. The van der Waals surface area contributed by atoms with Crippen molar-refractivity contribution >= 4 is 5.91 Å². The summed E-state index contributed by atoms with van der Waals surface area (Å²) in [6.45, 7) is 2.27. The molecule has 0 rings (SSSR count). The van der Waals surface area contributed by atoms with E-state index in [9.17, 15) is 4.79 Å². The van der Waals surface area contributed by atoms with Crippen LogP contribution in [0.25, 0.3) is 0 Å². The lowest BCUT2D eigenvalue weighted by Crippen LogP contribution is -2.31. The fraction of sp³-hybridized carbons (Fsp3) is 0.833. The second-order valence-electron chi connectivity index (χ2n) is 2.19. The standard InChI is InChI=1S/C6H14N2O2/c1-5(9)4-8-6(10)2-3-7/h5,9H,2-4,7H2,1H3,(H,8,10)/t5-/m1/s1. The molecule has 4 N–H and O–H groups in total. The minimum absolute atomic E-state index is 0.108. The zero-order valence-corrected chi connectivity index (χ0v) is 6.13. The minimum atomic E-state index is -0.485. The fourth-order valence-corrected chi connectivity index (χ4v) is 0.481. The first-order valence-electron chi connectivity index (χ1n) is 3.31. The van der Waals surface area contributed by atoms with Crippen LogP contribution in [0.4, 0.5) is 0 Å². The van der Waals surface area contributed by atoms with Gasteiger partial charge in [0, 0.05) is 19.5 Å². The van der Waals surface area contributed by atoms with Gasteiger partial charge in [-0.15, -0.1) is 0 Å². The average molecular weight is 146 g/mol. The van der Waals surface area contributed by atoms with E-state index in [0.29, 0.717) is 19.5 Å². The second-order valence-corrected chi connectivity index (χ2v) is 2.19. The number of carbonyl (C=O) groups excluding carboxylic acids is 1. The van der Waals surface area contributed by atoms with Crippen LogP contribution in [0.2, 0.25) is 0 Å². The van der Waals surface area contributed by atoms with Crippen LogP contribution >= 0.6 is 0 Å². The number of rotatable bonds is 4. The van der Waals surface area contributed by atoms with E-state index in [1.807, 2.05) is 0 Å². The summed E-state index contributed by atoms with van der Waals surface area (Å²) in [7, 11) is 0. The molecule has 0 heterocycles. The third-order valence-electron chi connectivity index (χ3n) is 0.966. The first-order chi connectivity index (χ1) is 4.66. The van der Waals surface area contributed by atoms with Gasteiger partial charge in [-0.05, 0) is 6.92 Å². The van der Waals surface area contributed by atoms with Gasteiger partial charge in [0.2, 0.25) is 5.91 Å². The highest BCUT2D eigenvalue weighted by molar-refractivity contribution is 5.75. The molecular formula is C6H14N2O2. The normalized spacial score (nSPS) is 12.7. The predicted octanol–water partition coefficient (Wildman–Crippen LogP) is -1.17. The van der Waals surface area contributed by atoms with Crippen LogP contribution in [0.5, 0.6) is 0 Å². The molecular weight excluding hydrogens is 132 g/mol. The maximum Gasteiger partial charge on any atom is 0.221 e. The fourth-order valence-electron chi connectivity index (χ4n) is 0.481. The van der Waals surface area contributed by atoms with Gasteiger partial charge >= 0.3 is 0 Å². The Morgan fingerprint density at radius 3 is 2.80 bits per heavy atom. The lowest BCUT2D eigenvalue weighted by Gasteiger charge is -2.05. The van der Waals surface area contributed by atoms with Crippen LogP contribution in [0, 0.1) is 0 Å². The number of aliphatic hydroxyl groups is 1. The molecule has 0 aromatic carbocycles. The van der Waals surface area contributed by atoms with Crippen molar-refractivity contribution in [1.82, 2.24) is 5.32 Å². The van der Waals surface area contributed by atoms with E-state index in [4.69, 9.17) is 10.8 Å². The second kappa shape index (κ2) is 5.20. The van der Waals surface area contributed by atoms with Gasteiger partial charge in [-0.3, -0.25) is 4.79 Å². The lowest BCUT2D eigenvalue weighted by molar-refractivity contribution is -0.121. The van der Waals surface area contributed by atoms with Crippen molar-refractivity contribution in [2.75, 3.05) is 13.1 Å². The third-order valence-corrected chi connectivity index (χ3v) is 0.966. The summed E-state index contributed by atoms with van der Waals surface area (Å²) in [4.78, 5) is 10.6. The molecule has 4 heteroatoms. The van der Waals surface area contributed by atoms with E-state index >= 15 is 0 Å². The quantitative estimate of drug-likeness (QED) is 0.468. The summed E-state index contributed by atoms with van der Waals surface area (Å²) in [6, 6.07) is 0. The van der Waals surface area contributed by atoms with Crippen molar-refractivity contribution in [2.45, 2.75) is 19.4 Å². The van der Waals surface area contributed by atoms with Gasteiger partial charge in [0.1, 0.15) is 0 Å². The number of aliphatic hydroxyl groups excluding tert-OH is 1. The molecule has 0 aliphatic rings. The van der Waals surface area contributed by atoms with Crippen molar-refractivity contribution in [1.29, 1.82) is 0 Å². The van der Waals surface area contributed by atoms with E-state index in [-0.39, 0.29) is 5.91 Å². The molecule has 0 aromatic rings. The number of carbonyl (C=O) groups is 1. The Bertz CT molecular complexity index is 104. The highest BCUT2D eigenvalue weighted by atomic mass is 16.3. The third kappa shape index (κ3) is 5.53. The molecule has 0 unspecified atom stereocenters. The van der Waals surface area contributed by atoms with E-state index in [1.165, 1.54) is 0 Å².